The Balaban J connectivity index is 2.39. The third-order valence-corrected chi connectivity index (χ3v) is 2.43. The summed E-state index contributed by atoms with van der Waals surface area (Å²) in [7, 11) is 0. The number of aryl methyl sites for hydroxylation is 1. The lowest BCUT2D eigenvalue weighted by molar-refractivity contribution is 0.605. The number of hydrogen-bond donors (Lipinski definition) is 0. The van der Waals surface area contributed by atoms with Crippen LogP contribution < -0.4 is 0 Å². The quantitative estimate of drug-likeness (QED) is 0.674. The van der Waals surface area contributed by atoms with Crippen LogP contribution in [0.25, 0.3) is 6.08 Å². The van der Waals surface area contributed by atoms with Gasteiger partial charge in [-0.05, 0) is 37.5 Å². The standard InChI is InChI=1S/C10H16N2S/c1-3-5-10-6-8-12(11-10)7-4-9-13-2/h3,5-6,8H,4,7,9H2,1-2H3/b5-3+. The fourth-order valence-corrected chi connectivity index (χ4v) is 1.55. The van der Waals surface area contributed by atoms with E-state index >= 15 is 0 Å². The topological polar surface area (TPSA) is 17.8 Å². The predicted molar refractivity (Wildman–Crippen MR) is 59.9 cm³/mol. The highest BCUT2D eigenvalue weighted by atomic mass is 32.2. The second-order valence-electron chi connectivity index (χ2n) is 2.85. The first kappa shape index (κ1) is 10.4. The number of thioether (sulfide) groups is 1. The van der Waals surface area contributed by atoms with Crippen molar-refractivity contribution in [2.75, 3.05) is 12.0 Å². The summed E-state index contributed by atoms with van der Waals surface area (Å²) in [6, 6.07) is 2.04. The van der Waals surface area contributed by atoms with Crippen LogP contribution in [0.1, 0.15) is 19.0 Å². The molecule has 1 aromatic heterocycles. The van der Waals surface area contributed by atoms with Crippen molar-refractivity contribution < 1.29 is 0 Å². The van der Waals surface area contributed by atoms with Crippen molar-refractivity contribution >= 4 is 17.8 Å². The van der Waals surface area contributed by atoms with Crippen LogP contribution in [0.4, 0.5) is 0 Å². The van der Waals surface area contributed by atoms with Gasteiger partial charge in [0.1, 0.15) is 0 Å². The second kappa shape index (κ2) is 5.86. The summed E-state index contributed by atoms with van der Waals surface area (Å²) >= 11 is 1.88. The van der Waals surface area contributed by atoms with E-state index < -0.39 is 0 Å². The maximum atomic E-state index is 4.39. The van der Waals surface area contributed by atoms with Crippen LogP contribution in [0.15, 0.2) is 18.3 Å². The van der Waals surface area contributed by atoms with Crippen molar-refractivity contribution in [2.45, 2.75) is 19.9 Å². The number of allylic oxidation sites excluding steroid dienone is 1. The lowest BCUT2D eigenvalue weighted by Gasteiger charge is -1.98. The summed E-state index contributed by atoms with van der Waals surface area (Å²) < 4.78 is 2.01. The molecule has 2 nitrogen and oxygen atoms in total. The van der Waals surface area contributed by atoms with E-state index in [0.29, 0.717) is 0 Å². The second-order valence-corrected chi connectivity index (χ2v) is 3.84. The summed E-state index contributed by atoms with van der Waals surface area (Å²) in [5.41, 5.74) is 1.05. The first-order valence-electron chi connectivity index (χ1n) is 4.52. The summed E-state index contributed by atoms with van der Waals surface area (Å²) in [6.07, 6.45) is 9.39. The number of hydrogen-bond acceptors (Lipinski definition) is 2. The van der Waals surface area contributed by atoms with Crippen molar-refractivity contribution in [3.8, 4) is 0 Å². The summed E-state index contributed by atoms with van der Waals surface area (Å²) in [4.78, 5) is 0. The van der Waals surface area contributed by atoms with Crippen LogP contribution in [0.3, 0.4) is 0 Å². The normalized spacial score (nSPS) is 11.2. The van der Waals surface area contributed by atoms with E-state index in [-0.39, 0.29) is 0 Å². The number of nitrogens with zero attached hydrogens (tertiary/aromatic N) is 2. The molecule has 0 saturated carbocycles. The van der Waals surface area contributed by atoms with Gasteiger partial charge in [-0.2, -0.15) is 16.9 Å². The lowest BCUT2D eigenvalue weighted by atomic mass is 10.4. The minimum atomic E-state index is 1.03. The average molecular weight is 196 g/mol. The van der Waals surface area contributed by atoms with Crippen LogP contribution in [-0.4, -0.2) is 21.8 Å². The van der Waals surface area contributed by atoms with Crippen LogP contribution in [-0.2, 0) is 6.54 Å². The van der Waals surface area contributed by atoms with Crippen LogP contribution in [0.2, 0.25) is 0 Å². The molecule has 1 aromatic rings. The van der Waals surface area contributed by atoms with Gasteiger partial charge in [0.15, 0.2) is 0 Å². The Morgan fingerprint density at radius 3 is 3.15 bits per heavy atom. The van der Waals surface area contributed by atoms with Crippen molar-refractivity contribution in [1.82, 2.24) is 9.78 Å². The van der Waals surface area contributed by atoms with E-state index in [0.717, 1.165) is 12.2 Å². The largest absolute Gasteiger partial charge is 0.272 e. The molecule has 3 heteroatoms. The summed E-state index contributed by atoms with van der Waals surface area (Å²) in [5, 5.41) is 4.39. The molecular formula is C10H16N2S. The van der Waals surface area contributed by atoms with Gasteiger partial charge in [-0.1, -0.05) is 6.08 Å². The molecule has 0 N–H and O–H groups in total. The van der Waals surface area contributed by atoms with Gasteiger partial charge in [0.25, 0.3) is 0 Å². The van der Waals surface area contributed by atoms with Crippen molar-refractivity contribution in [3.05, 3.63) is 24.0 Å². The lowest BCUT2D eigenvalue weighted by Crippen LogP contribution is -1.99. The van der Waals surface area contributed by atoms with Crippen LogP contribution >= 0.6 is 11.8 Å². The highest BCUT2D eigenvalue weighted by Crippen LogP contribution is 2.01. The first-order chi connectivity index (χ1) is 6.36. The monoisotopic (exact) mass is 196 g/mol. The molecule has 0 unspecified atom stereocenters. The van der Waals surface area contributed by atoms with Gasteiger partial charge in [-0.3, -0.25) is 4.68 Å². The smallest absolute Gasteiger partial charge is 0.0847 e. The molecule has 0 aliphatic carbocycles. The number of aromatic nitrogens is 2. The predicted octanol–water partition coefficient (Wildman–Crippen LogP) is 2.67. The molecule has 0 amide bonds. The molecule has 0 atom stereocenters. The van der Waals surface area contributed by atoms with E-state index in [1.165, 1.54) is 12.2 Å². The molecule has 1 heterocycles. The van der Waals surface area contributed by atoms with Crippen LogP contribution in [0, 0.1) is 0 Å². The Labute approximate surface area is 84.0 Å². The molecule has 0 fully saturated rings. The SMILES string of the molecule is C/C=C/c1ccn(CCCSC)n1. The summed E-state index contributed by atoms with van der Waals surface area (Å²) in [6.45, 7) is 3.03. The molecule has 0 aliphatic heterocycles. The zero-order valence-electron chi connectivity index (χ0n) is 8.23. The molecule has 13 heavy (non-hydrogen) atoms. The maximum Gasteiger partial charge on any atom is 0.0847 e. The highest BCUT2D eigenvalue weighted by molar-refractivity contribution is 7.98. The Hall–Kier alpha value is -0.700. The van der Waals surface area contributed by atoms with Crippen LogP contribution in [0.5, 0.6) is 0 Å². The molecule has 72 valence electrons. The Bertz CT molecular complexity index is 266. The van der Waals surface area contributed by atoms with Gasteiger partial charge in [0.2, 0.25) is 0 Å². The zero-order chi connectivity index (χ0) is 9.52. The van der Waals surface area contributed by atoms with Gasteiger partial charge in [0, 0.05) is 12.7 Å². The zero-order valence-corrected chi connectivity index (χ0v) is 9.05. The van der Waals surface area contributed by atoms with E-state index in [4.69, 9.17) is 0 Å². The molecule has 0 aliphatic rings. The van der Waals surface area contributed by atoms with Gasteiger partial charge in [-0.15, -0.1) is 0 Å². The van der Waals surface area contributed by atoms with Gasteiger partial charge < -0.3 is 0 Å². The third kappa shape index (κ3) is 3.68. The molecular weight excluding hydrogens is 180 g/mol. The Morgan fingerprint density at radius 1 is 1.62 bits per heavy atom. The molecule has 0 spiro atoms. The number of rotatable bonds is 5. The minimum absolute atomic E-state index is 1.03. The minimum Gasteiger partial charge on any atom is -0.272 e. The van der Waals surface area contributed by atoms with E-state index in [1.807, 2.05) is 47.8 Å². The first-order valence-corrected chi connectivity index (χ1v) is 5.91. The Kier molecular flexibility index (Phi) is 4.68. The summed E-state index contributed by atoms with van der Waals surface area (Å²) in [5.74, 6) is 1.21. The molecule has 0 bridgehead atoms. The molecule has 1 rings (SSSR count). The highest BCUT2D eigenvalue weighted by Gasteiger charge is 1.94. The third-order valence-electron chi connectivity index (χ3n) is 1.73. The maximum absolute atomic E-state index is 4.39. The van der Waals surface area contributed by atoms with E-state index in [1.54, 1.807) is 0 Å². The average Bonchev–Trinajstić information content (AvgIpc) is 2.54. The van der Waals surface area contributed by atoms with Gasteiger partial charge in [-0.25, -0.2) is 0 Å². The fourth-order valence-electron chi connectivity index (χ4n) is 1.13. The van der Waals surface area contributed by atoms with Crippen molar-refractivity contribution in [1.29, 1.82) is 0 Å². The van der Waals surface area contributed by atoms with Gasteiger partial charge >= 0.3 is 0 Å². The Morgan fingerprint density at radius 2 is 2.46 bits per heavy atom. The molecule has 0 saturated heterocycles. The van der Waals surface area contributed by atoms with Crippen molar-refractivity contribution in [2.24, 2.45) is 0 Å². The molecule has 0 aromatic carbocycles. The van der Waals surface area contributed by atoms with Gasteiger partial charge in [0.05, 0.1) is 5.69 Å². The fraction of sp³-hybridized carbons (Fsp3) is 0.500. The van der Waals surface area contributed by atoms with Crippen molar-refractivity contribution in [3.63, 3.8) is 0 Å². The molecule has 0 radical (unpaired) electrons. The van der Waals surface area contributed by atoms with E-state index in [2.05, 4.69) is 11.4 Å². The van der Waals surface area contributed by atoms with E-state index in [9.17, 15) is 0 Å².